The molecule has 0 radical (unpaired) electrons. The number of hydrogen-bond acceptors (Lipinski definition) is 3. The number of anilines is 1. The first-order valence-corrected chi connectivity index (χ1v) is 7.26. The number of hydrogen-bond donors (Lipinski definition) is 0. The second-order valence-corrected chi connectivity index (χ2v) is 5.46. The zero-order valence-corrected chi connectivity index (χ0v) is 12.4. The fourth-order valence-corrected chi connectivity index (χ4v) is 2.89. The molecule has 112 valence electrons. The summed E-state index contributed by atoms with van der Waals surface area (Å²) in [4.78, 5) is 26.6. The van der Waals surface area contributed by atoms with Crippen molar-refractivity contribution in [3.8, 4) is 0 Å². The van der Waals surface area contributed by atoms with Gasteiger partial charge >= 0.3 is 0 Å². The third-order valence-electron chi connectivity index (χ3n) is 4.10. The molecule has 2 aromatic carbocycles. The van der Waals surface area contributed by atoms with Gasteiger partial charge in [-0.2, -0.15) is 0 Å². The molecular formula is C19H13NO3. The smallest absolute Gasteiger partial charge is 0.258 e. The minimum Gasteiger partial charge on any atom is -0.463 e. The fraction of sp³-hybridized carbons (Fsp3) is 0.0526. The van der Waals surface area contributed by atoms with Gasteiger partial charge in [0.05, 0.1) is 22.2 Å². The largest absolute Gasteiger partial charge is 0.463 e. The van der Waals surface area contributed by atoms with Crippen LogP contribution in [-0.4, -0.2) is 13.0 Å². The van der Waals surface area contributed by atoms with Crippen LogP contribution in [0.4, 0.5) is 5.69 Å². The summed E-state index contributed by atoms with van der Waals surface area (Å²) in [6, 6.07) is 14.6. The zero-order valence-electron chi connectivity index (χ0n) is 12.4. The Balaban J connectivity index is 1.93. The summed E-state index contributed by atoms with van der Waals surface area (Å²) in [5.41, 5.74) is 2.94. The highest BCUT2D eigenvalue weighted by Crippen LogP contribution is 2.36. The molecule has 0 atom stereocenters. The summed E-state index contributed by atoms with van der Waals surface area (Å²) < 4.78 is 5.51. The van der Waals surface area contributed by atoms with Crippen molar-refractivity contribution in [1.82, 2.24) is 0 Å². The Kier molecular flexibility index (Phi) is 2.91. The van der Waals surface area contributed by atoms with E-state index in [1.807, 2.05) is 30.3 Å². The molecule has 0 fully saturated rings. The van der Waals surface area contributed by atoms with E-state index in [1.165, 1.54) is 6.26 Å². The molecule has 3 aromatic rings. The van der Waals surface area contributed by atoms with E-state index in [4.69, 9.17) is 4.42 Å². The number of rotatable bonds is 1. The molecule has 4 heteroatoms. The standard InChI is InChI=1S/C19H13NO3/c1-20-16-8-4-2-6-13(16)15(19(20)22)10-12-11-23-17-9-5-3-7-14(17)18(12)21/h2-11H,1H3/b15-10+. The lowest BCUT2D eigenvalue weighted by Gasteiger charge is -2.07. The minimum atomic E-state index is -0.140. The van der Waals surface area contributed by atoms with Crippen LogP contribution in [0.25, 0.3) is 22.6 Å². The first-order chi connectivity index (χ1) is 11.2. The fourth-order valence-electron chi connectivity index (χ4n) is 2.89. The topological polar surface area (TPSA) is 50.5 Å². The van der Waals surface area contributed by atoms with Crippen LogP contribution in [0.1, 0.15) is 11.1 Å². The van der Waals surface area contributed by atoms with Crippen LogP contribution >= 0.6 is 0 Å². The number of para-hydroxylation sites is 2. The van der Waals surface area contributed by atoms with E-state index in [1.54, 1.807) is 36.2 Å². The summed E-state index contributed by atoms with van der Waals surface area (Å²) in [5.74, 6) is -0.126. The van der Waals surface area contributed by atoms with Crippen LogP contribution in [-0.2, 0) is 4.79 Å². The quantitative estimate of drug-likeness (QED) is 0.648. The highest BCUT2D eigenvalue weighted by Gasteiger charge is 2.29. The van der Waals surface area contributed by atoms with E-state index < -0.39 is 0 Å². The molecule has 1 aliphatic rings. The predicted molar refractivity (Wildman–Crippen MR) is 90.2 cm³/mol. The lowest BCUT2D eigenvalue weighted by molar-refractivity contribution is -0.112. The van der Waals surface area contributed by atoms with Gasteiger partial charge in [-0.05, 0) is 24.3 Å². The average molecular weight is 303 g/mol. The Hall–Kier alpha value is -3.14. The van der Waals surface area contributed by atoms with Crippen LogP contribution < -0.4 is 10.3 Å². The molecule has 1 amide bonds. The summed E-state index contributed by atoms with van der Waals surface area (Å²) in [5, 5.41) is 0.508. The third-order valence-corrected chi connectivity index (χ3v) is 4.10. The normalized spacial score (nSPS) is 15.4. The molecule has 4 nitrogen and oxygen atoms in total. The lowest BCUT2D eigenvalue weighted by atomic mass is 10.0. The van der Waals surface area contributed by atoms with Gasteiger partial charge in [0.1, 0.15) is 11.8 Å². The van der Waals surface area contributed by atoms with E-state index >= 15 is 0 Å². The molecule has 0 saturated carbocycles. The third kappa shape index (κ3) is 1.99. The number of likely N-dealkylation sites (N-methyl/N-ethyl adjacent to an activating group) is 1. The van der Waals surface area contributed by atoms with Gasteiger partial charge in [0.25, 0.3) is 5.91 Å². The highest BCUT2D eigenvalue weighted by molar-refractivity contribution is 6.35. The zero-order chi connectivity index (χ0) is 16.0. The molecule has 1 aliphatic heterocycles. The van der Waals surface area contributed by atoms with Crippen LogP contribution in [0.5, 0.6) is 0 Å². The van der Waals surface area contributed by atoms with Crippen molar-refractivity contribution in [3.63, 3.8) is 0 Å². The molecule has 23 heavy (non-hydrogen) atoms. The molecule has 4 rings (SSSR count). The Morgan fingerprint density at radius 1 is 1.00 bits per heavy atom. The molecule has 2 heterocycles. The molecular weight excluding hydrogens is 290 g/mol. The summed E-state index contributed by atoms with van der Waals surface area (Å²) >= 11 is 0. The first-order valence-electron chi connectivity index (χ1n) is 7.26. The van der Waals surface area contributed by atoms with Gasteiger partial charge in [0, 0.05) is 12.6 Å². The van der Waals surface area contributed by atoms with Crippen LogP contribution in [0.3, 0.4) is 0 Å². The lowest BCUT2D eigenvalue weighted by Crippen LogP contribution is -2.20. The van der Waals surface area contributed by atoms with E-state index in [9.17, 15) is 9.59 Å². The van der Waals surface area contributed by atoms with Crippen molar-refractivity contribution < 1.29 is 9.21 Å². The second-order valence-electron chi connectivity index (χ2n) is 5.46. The van der Waals surface area contributed by atoms with Gasteiger partial charge in [0.15, 0.2) is 5.43 Å². The van der Waals surface area contributed by atoms with Crippen LogP contribution in [0, 0.1) is 0 Å². The molecule has 1 aromatic heterocycles. The number of nitrogens with zero attached hydrogens (tertiary/aromatic N) is 1. The molecule has 0 saturated heterocycles. The number of carbonyl (C=O) groups excluding carboxylic acids is 1. The van der Waals surface area contributed by atoms with Crippen molar-refractivity contribution in [3.05, 3.63) is 76.1 Å². The van der Waals surface area contributed by atoms with Crippen LogP contribution in [0.15, 0.2) is 64.0 Å². The molecule has 0 aliphatic carbocycles. The molecule has 0 unspecified atom stereocenters. The second kappa shape index (κ2) is 4.95. The van der Waals surface area contributed by atoms with Crippen molar-refractivity contribution >= 4 is 34.2 Å². The summed E-state index contributed by atoms with van der Waals surface area (Å²) in [6.07, 6.45) is 3.02. The van der Waals surface area contributed by atoms with Crippen molar-refractivity contribution in [1.29, 1.82) is 0 Å². The SMILES string of the molecule is CN1C(=O)/C(=C/c2coc3ccccc3c2=O)c2ccccc21. The average Bonchev–Trinajstić information content (AvgIpc) is 2.83. The van der Waals surface area contributed by atoms with Crippen molar-refractivity contribution in [2.75, 3.05) is 11.9 Å². The highest BCUT2D eigenvalue weighted by atomic mass is 16.3. The van der Waals surface area contributed by atoms with Gasteiger partial charge in [-0.1, -0.05) is 30.3 Å². The van der Waals surface area contributed by atoms with Gasteiger partial charge < -0.3 is 9.32 Å². The Morgan fingerprint density at radius 2 is 1.74 bits per heavy atom. The molecule has 0 spiro atoms. The monoisotopic (exact) mass is 303 g/mol. The summed E-state index contributed by atoms with van der Waals surface area (Å²) in [6.45, 7) is 0. The molecule has 0 N–H and O–H groups in total. The Bertz CT molecular complexity index is 1030. The predicted octanol–water partition coefficient (Wildman–Crippen LogP) is 3.31. The first kappa shape index (κ1) is 13.5. The van der Waals surface area contributed by atoms with E-state index in [2.05, 4.69) is 0 Å². The number of carbonyl (C=O) groups is 1. The maximum absolute atomic E-state index is 12.6. The minimum absolute atomic E-state index is 0.126. The Morgan fingerprint density at radius 3 is 2.61 bits per heavy atom. The van der Waals surface area contributed by atoms with Crippen LogP contribution in [0.2, 0.25) is 0 Å². The Labute approximate surface area is 132 Å². The summed E-state index contributed by atoms with van der Waals surface area (Å²) in [7, 11) is 1.73. The van der Waals surface area contributed by atoms with E-state index in [0.29, 0.717) is 22.1 Å². The van der Waals surface area contributed by atoms with Gasteiger partial charge in [0.2, 0.25) is 0 Å². The van der Waals surface area contributed by atoms with Gasteiger partial charge in [-0.25, -0.2) is 0 Å². The van der Waals surface area contributed by atoms with Crippen molar-refractivity contribution in [2.45, 2.75) is 0 Å². The maximum Gasteiger partial charge on any atom is 0.258 e. The molecule has 0 bridgehead atoms. The van der Waals surface area contributed by atoms with Crippen molar-refractivity contribution in [2.24, 2.45) is 0 Å². The number of amides is 1. The van der Waals surface area contributed by atoms with E-state index in [0.717, 1.165) is 11.3 Å². The van der Waals surface area contributed by atoms with Gasteiger partial charge in [-0.15, -0.1) is 0 Å². The van der Waals surface area contributed by atoms with Gasteiger partial charge in [-0.3, -0.25) is 9.59 Å². The number of benzene rings is 2. The maximum atomic E-state index is 12.6. The van der Waals surface area contributed by atoms with E-state index in [-0.39, 0.29) is 11.3 Å². The number of fused-ring (bicyclic) bond motifs is 2.